The molecule has 6 heteroatoms. The first-order valence-electron chi connectivity index (χ1n) is 6.47. The second kappa shape index (κ2) is 7.86. The molecule has 0 amide bonds. The highest BCUT2D eigenvalue weighted by molar-refractivity contribution is 8.00. The van der Waals surface area contributed by atoms with E-state index in [2.05, 4.69) is 22.0 Å². The molecule has 0 heterocycles. The van der Waals surface area contributed by atoms with Crippen molar-refractivity contribution in [2.24, 2.45) is 10.8 Å². The fourth-order valence-corrected chi connectivity index (χ4v) is 3.22. The lowest BCUT2D eigenvalue weighted by molar-refractivity contribution is 0.179. The third-order valence-corrected chi connectivity index (χ3v) is 4.81. The molecule has 1 rings (SSSR count). The summed E-state index contributed by atoms with van der Waals surface area (Å²) in [4.78, 5) is 4.58. The Bertz CT molecular complexity index is 267. The normalized spacial score (nSPS) is 20.8. The molecular formula is C12H26N4OS. The first-order valence-corrected chi connectivity index (χ1v) is 7.70. The number of nitrogens with one attached hydrogen (secondary N) is 2. The molecule has 4 N–H and O–H groups in total. The molecule has 0 radical (unpaired) electrons. The van der Waals surface area contributed by atoms with E-state index in [4.69, 9.17) is 10.6 Å². The molecule has 106 valence electrons. The number of aliphatic imine (C=N–C) groups is 1. The van der Waals surface area contributed by atoms with Gasteiger partial charge in [-0.1, -0.05) is 12.8 Å². The molecular weight excluding hydrogens is 248 g/mol. The van der Waals surface area contributed by atoms with Crippen molar-refractivity contribution in [2.75, 3.05) is 26.5 Å². The summed E-state index contributed by atoms with van der Waals surface area (Å²) in [6.45, 7) is 3.49. The van der Waals surface area contributed by atoms with Crippen molar-refractivity contribution < 1.29 is 4.74 Å². The van der Waals surface area contributed by atoms with Gasteiger partial charge in [-0.05, 0) is 26.0 Å². The van der Waals surface area contributed by atoms with Crippen molar-refractivity contribution in [1.82, 2.24) is 10.7 Å². The molecule has 18 heavy (non-hydrogen) atoms. The summed E-state index contributed by atoms with van der Waals surface area (Å²) in [6, 6.07) is 0.193. The highest BCUT2D eigenvalue weighted by atomic mass is 32.2. The first kappa shape index (κ1) is 15.6. The van der Waals surface area contributed by atoms with Gasteiger partial charge in [0.05, 0.1) is 13.2 Å². The lowest BCUT2D eigenvalue weighted by Gasteiger charge is -2.25. The predicted molar refractivity (Wildman–Crippen MR) is 78.8 cm³/mol. The summed E-state index contributed by atoms with van der Waals surface area (Å²) in [5, 5.41) is 3.21. The maximum absolute atomic E-state index is 5.50. The van der Waals surface area contributed by atoms with Crippen molar-refractivity contribution in [3.8, 4) is 0 Å². The van der Waals surface area contributed by atoms with E-state index in [-0.39, 0.29) is 6.04 Å². The Hall–Kier alpha value is -0.460. The Kier molecular flexibility index (Phi) is 6.81. The SMILES string of the molecule is COCC(C)NC(=NCC1(SC)CCCC1)NN. The molecule has 1 fully saturated rings. The van der Waals surface area contributed by atoms with Crippen molar-refractivity contribution in [1.29, 1.82) is 0 Å². The van der Waals surface area contributed by atoms with Crippen LogP contribution in [-0.2, 0) is 4.74 Å². The monoisotopic (exact) mass is 274 g/mol. The van der Waals surface area contributed by atoms with Crippen molar-refractivity contribution in [2.45, 2.75) is 43.4 Å². The summed E-state index contributed by atoms with van der Waals surface area (Å²) in [5.74, 6) is 6.15. The molecule has 0 spiro atoms. The van der Waals surface area contributed by atoms with Crippen LogP contribution in [0.25, 0.3) is 0 Å². The third kappa shape index (κ3) is 4.66. The molecule has 1 atom stereocenters. The van der Waals surface area contributed by atoms with Crippen LogP contribution in [-0.4, -0.2) is 43.3 Å². The minimum Gasteiger partial charge on any atom is -0.383 e. The molecule has 1 unspecified atom stereocenters. The minimum atomic E-state index is 0.193. The van der Waals surface area contributed by atoms with E-state index in [9.17, 15) is 0 Å². The van der Waals surface area contributed by atoms with Crippen LogP contribution in [0, 0.1) is 0 Å². The van der Waals surface area contributed by atoms with E-state index in [1.165, 1.54) is 25.7 Å². The number of methoxy groups -OCH3 is 1. The lowest BCUT2D eigenvalue weighted by atomic mass is 10.1. The van der Waals surface area contributed by atoms with E-state index in [1.54, 1.807) is 7.11 Å². The molecule has 0 aromatic carbocycles. The predicted octanol–water partition coefficient (Wildman–Crippen LogP) is 1.11. The van der Waals surface area contributed by atoms with Crippen LogP contribution >= 0.6 is 11.8 Å². The Morgan fingerprint density at radius 2 is 2.17 bits per heavy atom. The van der Waals surface area contributed by atoms with E-state index in [0.717, 1.165) is 6.54 Å². The Morgan fingerprint density at radius 1 is 1.50 bits per heavy atom. The number of hydrogen-bond donors (Lipinski definition) is 3. The molecule has 0 aliphatic heterocycles. The number of hydrogen-bond acceptors (Lipinski definition) is 4. The largest absolute Gasteiger partial charge is 0.383 e. The average molecular weight is 274 g/mol. The molecule has 0 bridgehead atoms. The fourth-order valence-electron chi connectivity index (χ4n) is 2.33. The number of nitrogens with zero attached hydrogens (tertiary/aromatic N) is 1. The van der Waals surface area contributed by atoms with E-state index < -0.39 is 0 Å². The highest BCUT2D eigenvalue weighted by Gasteiger charge is 2.32. The van der Waals surface area contributed by atoms with Crippen LogP contribution < -0.4 is 16.6 Å². The number of rotatable bonds is 6. The Balaban J connectivity index is 2.50. The van der Waals surface area contributed by atoms with Crippen molar-refractivity contribution in [3.63, 3.8) is 0 Å². The summed E-state index contributed by atoms with van der Waals surface area (Å²) in [6.07, 6.45) is 7.31. The molecule has 5 nitrogen and oxygen atoms in total. The second-order valence-corrected chi connectivity index (χ2v) is 6.18. The van der Waals surface area contributed by atoms with Gasteiger partial charge in [-0.15, -0.1) is 0 Å². The third-order valence-electron chi connectivity index (χ3n) is 3.41. The van der Waals surface area contributed by atoms with Crippen LogP contribution in [0.5, 0.6) is 0 Å². The Morgan fingerprint density at radius 3 is 2.67 bits per heavy atom. The van der Waals surface area contributed by atoms with E-state index in [0.29, 0.717) is 17.3 Å². The molecule has 1 aliphatic carbocycles. The number of nitrogens with two attached hydrogens (primary N) is 1. The van der Waals surface area contributed by atoms with Crippen LogP contribution in [0.3, 0.4) is 0 Å². The number of hydrazine groups is 1. The van der Waals surface area contributed by atoms with Gasteiger partial charge in [0.1, 0.15) is 0 Å². The zero-order chi connectivity index (χ0) is 13.4. The van der Waals surface area contributed by atoms with Crippen LogP contribution in [0.2, 0.25) is 0 Å². The summed E-state index contributed by atoms with van der Waals surface area (Å²) in [7, 11) is 1.69. The van der Waals surface area contributed by atoms with Gasteiger partial charge in [0, 0.05) is 17.9 Å². The van der Waals surface area contributed by atoms with Gasteiger partial charge < -0.3 is 10.1 Å². The number of guanidine groups is 1. The zero-order valence-corrected chi connectivity index (χ0v) is 12.5. The molecule has 1 aliphatic rings. The van der Waals surface area contributed by atoms with Gasteiger partial charge in [-0.25, -0.2) is 5.84 Å². The van der Waals surface area contributed by atoms with Crippen LogP contribution in [0.1, 0.15) is 32.6 Å². The van der Waals surface area contributed by atoms with Gasteiger partial charge in [0.2, 0.25) is 5.96 Å². The van der Waals surface area contributed by atoms with Gasteiger partial charge in [-0.2, -0.15) is 11.8 Å². The van der Waals surface area contributed by atoms with Gasteiger partial charge in [0.25, 0.3) is 0 Å². The Labute approximate surface area is 114 Å². The smallest absolute Gasteiger partial charge is 0.206 e. The molecule has 1 saturated carbocycles. The van der Waals surface area contributed by atoms with E-state index >= 15 is 0 Å². The molecule has 0 aromatic rings. The summed E-state index contributed by atoms with van der Waals surface area (Å²) in [5.41, 5.74) is 2.63. The van der Waals surface area contributed by atoms with Gasteiger partial charge in [-0.3, -0.25) is 10.4 Å². The average Bonchev–Trinajstić information content (AvgIpc) is 2.84. The highest BCUT2D eigenvalue weighted by Crippen LogP contribution is 2.40. The number of thioether (sulfide) groups is 1. The maximum Gasteiger partial charge on any atom is 0.206 e. The zero-order valence-electron chi connectivity index (χ0n) is 11.7. The molecule has 0 saturated heterocycles. The van der Waals surface area contributed by atoms with Crippen molar-refractivity contribution in [3.05, 3.63) is 0 Å². The summed E-state index contributed by atoms with van der Waals surface area (Å²) >= 11 is 1.93. The molecule has 0 aromatic heterocycles. The summed E-state index contributed by atoms with van der Waals surface area (Å²) < 4.78 is 5.39. The van der Waals surface area contributed by atoms with E-state index in [1.807, 2.05) is 18.7 Å². The van der Waals surface area contributed by atoms with Gasteiger partial charge in [0.15, 0.2) is 0 Å². The minimum absolute atomic E-state index is 0.193. The standard InChI is InChI=1S/C12H26N4OS/c1-10(8-17-2)15-11(16-13)14-9-12(18-3)6-4-5-7-12/h10H,4-9,13H2,1-3H3,(H2,14,15,16). The maximum atomic E-state index is 5.50. The lowest BCUT2D eigenvalue weighted by Crippen LogP contribution is -2.47. The topological polar surface area (TPSA) is 71.7 Å². The fraction of sp³-hybridized carbons (Fsp3) is 0.917. The van der Waals surface area contributed by atoms with Crippen LogP contribution in [0.4, 0.5) is 0 Å². The quantitative estimate of drug-likeness (QED) is 0.293. The second-order valence-electron chi connectivity index (χ2n) is 4.90. The number of ether oxygens (including phenoxy) is 1. The van der Waals surface area contributed by atoms with Crippen molar-refractivity contribution >= 4 is 17.7 Å². The van der Waals surface area contributed by atoms with Gasteiger partial charge >= 0.3 is 0 Å². The first-order chi connectivity index (χ1) is 8.65. The van der Waals surface area contributed by atoms with Crippen LogP contribution in [0.15, 0.2) is 4.99 Å².